The number of rotatable bonds is 4. The van der Waals surface area contributed by atoms with E-state index in [0.29, 0.717) is 6.61 Å². The fourth-order valence-corrected chi connectivity index (χ4v) is 4.46. The molecule has 0 radical (unpaired) electrons. The van der Waals surface area contributed by atoms with Crippen molar-refractivity contribution in [3.63, 3.8) is 0 Å². The van der Waals surface area contributed by atoms with Crippen LogP contribution in [-0.4, -0.2) is 48.7 Å². The van der Waals surface area contributed by atoms with E-state index >= 15 is 0 Å². The van der Waals surface area contributed by atoms with Crippen LogP contribution < -0.4 is 5.32 Å². The molecule has 0 aromatic heterocycles. The monoisotopic (exact) mass is 354 g/mol. The van der Waals surface area contributed by atoms with Crippen LogP contribution in [0.15, 0.2) is 12.1 Å². The fraction of sp³-hybridized carbons (Fsp3) is 0.611. The van der Waals surface area contributed by atoms with Crippen LogP contribution in [-0.2, 0) is 16.0 Å². The first kappa shape index (κ1) is 16.8. The summed E-state index contributed by atoms with van der Waals surface area (Å²) in [5, 5.41) is 2.98. The summed E-state index contributed by atoms with van der Waals surface area (Å²) in [4.78, 5) is 14.7. The Labute approximate surface area is 144 Å². The normalized spacial score (nSPS) is 31.6. The first-order valence-electron chi connectivity index (χ1n) is 8.83. The van der Waals surface area contributed by atoms with E-state index in [2.05, 4.69) is 10.2 Å². The summed E-state index contributed by atoms with van der Waals surface area (Å²) in [5.41, 5.74) is -0.132. The molecule has 0 bridgehead atoms. The molecule has 25 heavy (non-hydrogen) atoms. The van der Waals surface area contributed by atoms with Gasteiger partial charge in [0.15, 0.2) is 17.5 Å². The molecule has 7 heteroatoms. The Hall–Kier alpha value is -1.60. The lowest BCUT2D eigenvalue weighted by molar-refractivity contribution is -0.128. The molecule has 3 fully saturated rings. The van der Waals surface area contributed by atoms with E-state index < -0.39 is 17.5 Å². The highest BCUT2D eigenvalue weighted by Crippen LogP contribution is 2.42. The van der Waals surface area contributed by atoms with Gasteiger partial charge in [0.1, 0.15) is 0 Å². The lowest BCUT2D eigenvalue weighted by atomic mass is 9.70. The highest BCUT2D eigenvalue weighted by atomic mass is 19.2. The molecular weight excluding hydrogens is 333 g/mol. The summed E-state index contributed by atoms with van der Waals surface area (Å²) in [7, 11) is 0. The molecular formula is C18H21F3N2O2. The molecule has 2 saturated heterocycles. The highest BCUT2D eigenvalue weighted by molar-refractivity contribution is 5.79. The number of nitrogens with one attached hydrogen (secondary N) is 1. The minimum atomic E-state index is -1.53. The highest BCUT2D eigenvalue weighted by Gasteiger charge is 2.56. The Bertz CT molecular complexity index is 674. The molecule has 2 heterocycles. The Kier molecular flexibility index (Phi) is 4.45. The summed E-state index contributed by atoms with van der Waals surface area (Å²) >= 11 is 0. The maximum atomic E-state index is 13.8. The van der Waals surface area contributed by atoms with Gasteiger partial charge in [0.2, 0.25) is 5.91 Å². The molecule has 4 nitrogen and oxygen atoms in total. The minimum Gasteiger partial charge on any atom is -0.376 e. The van der Waals surface area contributed by atoms with Crippen molar-refractivity contribution in [3.05, 3.63) is 35.1 Å². The molecule has 1 N–H and O–H groups in total. The van der Waals surface area contributed by atoms with E-state index in [-0.39, 0.29) is 42.0 Å². The Balaban J connectivity index is 1.44. The molecule has 0 spiro atoms. The standard InChI is InChI=1S/C18H21F3N2O2/c19-12-4-3-10(14(20)15(12)21)9-13(24)22-16-11-5-8-25-18(11)17(16)23-6-1-2-7-23/h3-4,11,16-18H,1-2,5-9H2,(H,22,24)/t11-,16+,17-,18-/m1/s1. The van der Waals surface area contributed by atoms with Gasteiger partial charge in [-0.3, -0.25) is 9.69 Å². The van der Waals surface area contributed by atoms with Gasteiger partial charge in [-0.1, -0.05) is 6.07 Å². The van der Waals surface area contributed by atoms with Gasteiger partial charge in [0.25, 0.3) is 0 Å². The predicted octanol–water partition coefficient (Wildman–Crippen LogP) is 2.01. The van der Waals surface area contributed by atoms with Crippen molar-refractivity contribution in [1.82, 2.24) is 10.2 Å². The Morgan fingerprint density at radius 1 is 1.20 bits per heavy atom. The van der Waals surface area contributed by atoms with Gasteiger partial charge >= 0.3 is 0 Å². The summed E-state index contributed by atoms with van der Waals surface area (Å²) in [5.74, 6) is -4.16. The Morgan fingerprint density at radius 3 is 2.72 bits per heavy atom. The quantitative estimate of drug-likeness (QED) is 0.841. The largest absolute Gasteiger partial charge is 0.376 e. The average Bonchev–Trinajstić information content (AvgIpc) is 3.24. The second kappa shape index (κ2) is 6.61. The zero-order valence-electron chi connectivity index (χ0n) is 13.8. The number of carbonyl (C=O) groups is 1. The number of halogens is 3. The SMILES string of the molecule is O=C(Cc1ccc(F)c(F)c1F)N[C@H]1[C@H]2CCO[C@H]2[C@@H]1N1CCCC1. The van der Waals surface area contributed by atoms with Crippen LogP contribution in [0.1, 0.15) is 24.8 Å². The smallest absolute Gasteiger partial charge is 0.224 e. The van der Waals surface area contributed by atoms with Crippen molar-refractivity contribution in [3.8, 4) is 0 Å². The average molecular weight is 354 g/mol. The van der Waals surface area contributed by atoms with Gasteiger partial charge in [-0.05, 0) is 38.4 Å². The van der Waals surface area contributed by atoms with E-state index in [4.69, 9.17) is 4.74 Å². The minimum absolute atomic E-state index is 0.0218. The number of carbonyl (C=O) groups excluding carboxylic acids is 1. The molecule has 1 aromatic rings. The van der Waals surface area contributed by atoms with Gasteiger partial charge in [-0.15, -0.1) is 0 Å². The van der Waals surface area contributed by atoms with Gasteiger partial charge in [-0.25, -0.2) is 13.2 Å². The maximum absolute atomic E-state index is 13.8. The van der Waals surface area contributed by atoms with Crippen molar-refractivity contribution in [2.45, 2.75) is 43.9 Å². The predicted molar refractivity (Wildman–Crippen MR) is 84.4 cm³/mol. The molecule has 1 amide bonds. The topological polar surface area (TPSA) is 41.6 Å². The third kappa shape index (κ3) is 2.93. The number of likely N-dealkylation sites (tertiary alicyclic amines) is 1. The van der Waals surface area contributed by atoms with Crippen molar-refractivity contribution in [2.75, 3.05) is 19.7 Å². The Morgan fingerprint density at radius 2 is 1.96 bits per heavy atom. The number of fused-ring (bicyclic) bond motifs is 1. The van der Waals surface area contributed by atoms with Crippen LogP contribution in [0, 0.1) is 23.4 Å². The van der Waals surface area contributed by atoms with E-state index in [1.165, 1.54) is 0 Å². The maximum Gasteiger partial charge on any atom is 0.224 e. The summed E-state index contributed by atoms with van der Waals surface area (Å²) in [6.07, 6.45) is 3.05. The van der Waals surface area contributed by atoms with Crippen molar-refractivity contribution < 1.29 is 22.7 Å². The van der Waals surface area contributed by atoms with Crippen LogP contribution in [0.3, 0.4) is 0 Å². The lowest BCUT2D eigenvalue weighted by Crippen LogP contribution is -2.70. The zero-order valence-corrected chi connectivity index (χ0v) is 13.8. The number of ether oxygens (including phenoxy) is 1. The molecule has 3 aliphatic rings. The van der Waals surface area contributed by atoms with E-state index in [0.717, 1.165) is 44.5 Å². The first-order valence-corrected chi connectivity index (χ1v) is 8.83. The molecule has 1 saturated carbocycles. The number of amides is 1. The van der Waals surface area contributed by atoms with Crippen molar-refractivity contribution >= 4 is 5.91 Å². The zero-order chi connectivity index (χ0) is 17.6. The van der Waals surface area contributed by atoms with Crippen molar-refractivity contribution in [2.24, 2.45) is 5.92 Å². The molecule has 1 aliphatic carbocycles. The third-order valence-electron chi connectivity index (χ3n) is 5.71. The molecule has 1 aromatic carbocycles. The third-order valence-corrected chi connectivity index (χ3v) is 5.71. The fourth-order valence-electron chi connectivity index (χ4n) is 4.46. The van der Waals surface area contributed by atoms with Gasteiger partial charge in [-0.2, -0.15) is 0 Å². The van der Waals surface area contributed by atoms with Crippen LogP contribution in [0.4, 0.5) is 13.2 Å². The second-order valence-corrected chi connectivity index (χ2v) is 7.13. The molecule has 136 valence electrons. The van der Waals surface area contributed by atoms with Crippen LogP contribution in [0.25, 0.3) is 0 Å². The summed E-state index contributed by atoms with van der Waals surface area (Å²) < 4.78 is 45.9. The van der Waals surface area contributed by atoms with Gasteiger partial charge in [0.05, 0.1) is 24.6 Å². The van der Waals surface area contributed by atoms with Gasteiger partial charge in [0, 0.05) is 18.1 Å². The summed E-state index contributed by atoms with van der Waals surface area (Å²) in [6, 6.07) is 2.10. The van der Waals surface area contributed by atoms with E-state index in [1.54, 1.807) is 0 Å². The molecule has 4 rings (SSSR count). The number of nitrogens with zero attached hydrogens (tertiary/aromatic N) is 1. The molecule has 2 aliphatic heterocycles. The first-order chi connectivity index (χ1) is 12.1. The molecule has 0 unspecified atom stereocenters. The van der Waals surface area contributed by atoms with Crippen molar-refractivity contribution in [1.29, 1.82) is 0 Å². The second-order valence-electron chi connectivity index (χ2n) is 7.13. The number of hydrogen-bond acceptors (Lipinski definition) is 3. The number of benzene rings is 1. The van der Waals surface area contributed by atoms with Crippen LogP contribution >= 0.6 is 0 Å². The van der Waals surface area contributed by atoms with Crippen LogP contribution in [0.2, 0.25) is 0 Å². The lowest BCUT2D eigenvalue weighted by Gasteiger charge is -2.51. The number of hydrogen-bond donors (Lipinski definition) is 1. The van der Waals surface area contributed by atoms with Crippen LogP contribution in [0.5, 0.6) is 0 Å². The van der Waals surface area contributed by atoms with Gasteiger partial charge < -0.3 is 10.1 Å². The van der Waals surface area contributed by atoms with E-state index in [9.17, 15) is 18.0 Å². The van der Waals surface area contributed by atoms with E-state index in [1.807, 2.05) is 0 Å². The summed E-state index contributed by atoms with van der Waals surface area (Å²) in [6.45, 7) is 2.70. The molecule has 4 atom stereocenters.